The Morgan fingerprint density at radius 1 is 1.18 bits per heavy atom. The van der Waals surface area contributed by atoms with Gasteiger partial charge in [0, 0.05) is 0 Å². The highest BCUT2D eigenvalue weighted by Gasteiger charge is 2.21. The fraction of sp³-hybridized carbons (Fsp3) is 0.167. The molecule has 0 bridgehead atoms. The lowest BCUT2D eigenvalue weighted by Gasteiger charge is -2.13. The summed E-state index contributed by atoms with van der Waals surface area (Å²) in [5.74, 6) is -6.45. The van der Waals surface area contributed by atoms with Gasteiger partial charge in [-0.25, -0.2) is 18.2 Å². The van der Waals surface area contributed by atoms with E-state index in [1.165, 1.54) is 6.92 Å². The first-order valence-electron chi connectivity index (χ1n) is 7.97. The average molecular weight is 410 g/mol. The summed E-state index contributed by atoms with van der Waals surface area (Å²) in [5.41, 5.74) is 0.645. The summed E-state index contributed by atoms with van der Waals surface area (Å²) < 4.78 is 50.1. The number of esters is 1. The van der Waals surface area contributed by atoms with Crippen molar-refractivity contribution in [2.75, 3.05) is 11.1 Å². The zero-order valence-electron chi connectivity index (χ0n) is 14.4. The highest BCUT2D eigenvalue weighted by Crippen LogP contribution is 2.23. The molecule has 0 radical (unpaired) electrons. The van der Waals surface area contributed by atoms with Gasteiger partial charge in [-0.1, -0.05) is 23.9 Å². The standard InChI is InChI=1S/C18H13F3N2O4S/c1-9(17(25)22-12-7-6-10(19)15(20)16(12)21)26-14(24)8-28-18-23-11-4-2-3-5-13(11)27-18/h2-7,9H,8H2,1H3,(H,22,25)/t9-/m1/s1. The number of hydrogen-bond acceptors (Lipinski definition) is 6. The first kappa shape index (κ1) is 19.7. The van der Waals surface area contributed by atoms with Crippen molar-refractivity contribution >= 4 is 40.4 Å². The van der Waals surface area contributed by atoms with E-state index in [1.54, 1.807) is 24.3 Å². The molecule has 6 nitrogen and oxygen atoms in total. The third-order valence-corrected chi connectivity index (χ3v) is 4.36. The van der Waals surface area contributed by atoms with E-state index < -0.39 is 41.1 Å². The Morgan fingerprint density at radius 2 is 1.93 bits per heavy atom. The molecular formula is C18H13F3N2O4S. The van der Waals surface area contributed by atoms with Crippen LogP contribution in [0.25, 0.3) is 11.1 Å². The largest absolute Gasteiger partial charge is 0.452 e. The van der Waals surface area contributed by atoms with Crippen LogP contribution in [0.4, 0.5) is 18.9 Å². The zero-order chi connectivity index (χ0) is 20.3. The van der Waals surface area contributed by atoms with Crippen LogP contribution in [0, 0.1) is 17.5 Å². The Morgan fingerprint density at radius 3 is 2.68 bits per heavy atom. The van der Waals surface area contributed by atoms with Crippen molar-refractivity contribution in [2.45, 2.75) is 18.3 Å². The number of rotatable bonds is 6. The van der Waals surface area contributed by atoms with Crippen LogP contribution in [-0.2, 0) is 14.3 Å². The third kappa shape index (κ3) is 4.45. The summed E-state index contributed by atoms with van der Waals surface area (Å²) >= 11 is 0.983. The maximum absolute atomic E-state index is 13.6. The molecule has 0 aliphatic rings. The minimum atomic E-state index is -1.71. The summed E-state index contributed by atoms with van der Waals surface area (Å²) in [7, 11) is 0. The van der Waals surface area contributed by atoms with Gasteiger partial charge in [0.05, 0.1) is 5.69 Å². The maximum atomic E-state index is 13.6. The topological polar surface area (TPSA) is 81.4 Å². The molecule has 0 saturated carbocycles. The fourth-order valence-corrected chi connectivity index (χ4v) is 2.80. The normalized spacial score (nSPS) is 12.0. The molecule has 28 heavy (non-hydrogen) atoms. The number of nitrogens with zero attached hydrogens (tertiary/aromatic N) is 1. The van der Waals surface area contributed by atoms with Gasteiger partial charge in [0.2, 0.25) is 0 Å². The Bertz CT molecular complexity index is 1010. The molecule has 1 amide bonds. The number of amides is 1. The third-order valence-electron chi connectivity index (χ3n) is 3.56. The monoisotopic (exact) mass is 410 g/mol. The number of oxazole rings is 1. The Kier molecular flexibility index (Phi) is 5.88. The highest BCUT2D eigenvalue weighted by molar-refractivity contribution is 7.99. The van der Waals surface area contributed by atoms with Crippen LogP contribution in [-0.4, -0.2) is 28.7 Å². The van der Waals surface area contributed by atoms with Crippen LogP contribution in [0.2, 0.25) is 0 Å². The number of benzene rings is 2. The highest BCUT2D eigenvalue weighted by atomic mass is 32.2. The van der Waals surface area contributed by atoms with Crippen molar-refractivity contribution in [3.63, 3.8) is 0 Å². The van der Waals surface area contributed by atoms with Crippen LogP contribution in [0.3, 0.4) is 0 Å². The van der Waals surface area contributed by atoms with E-state index in [4.69, 9.17) is 9.15 Å². The number of anilines is 1. The number of ether oxygens (including phenoxy) is 1. The summed E-state index contributed by atoms with van der Waals surface area (Å²) in [6.45, 7) is 1.26. The van der Waals surface area contributed by atoms with E-state index >= 15 is 0 Å². The van der Waals surface area contributed by atoms with Crippen LogP contribution >= 0.6 is 11.8 Å². The average Bonchev–Trinajstić information content (AvgIpc) is 3.09. The van der Waals surface area contributed by atoms with Crippen LogP contribution in [0.5, 0.6) is 0 Å². The number of halogens is 3. The second-order valence-electron chi connectivity index (χ2n) is 5.58. The molecule has 0 spiro atoms. The molecule has 0 unspecified atom stereocenters. The number of para-hydroxylation sites is 2. The molecule has 1 aromatic heterocycles. The Hall–Kier alpha value is -3.01. The molecular weight excluding hydrogens is 397 g/mol. The van der Waals surface area contributed by atoms with E-state index in [-0.39, 0.29) is 11.0 Å². The van der Waals surface area contributed by atoms with E-state index in [9.17, 15) is 22.8 Å². The quantitative estimate of drug-likeness (QED) is 0.377. The number of aromatic nitrogens is 1. The van der Waals surface area contributed by atoms with Gasteiger partial charge in [-0.05, 0) is 31.2 Å². The van der Waals surface area contributed by atoms with E-state index in [2.05, 4.69) is 4.98 Å². The molecule has 0 aliphatic carbocycles. The number of hydrogen-bond donors (Lipinski definition) is 1. The predicted molar refractivity (Wildman–Crippen MR) is 95.2 cm³/mol. The minimum Gasteiger partial charge on any atom is -0.452 e. The van der Waals surface area contributed by atoms with Crippen LogP contribution in [0.1, 0.15) is 6.92 Å². The smallest absolute Gasteiger partial charge is 0.317 e. The molecule has 10 heteroatoms. The molecule has 0 fully saturated rings. The van der Waals surface area contributed by atoms with Gasteiger partial charge in [-0.15, -0.1) is 0 Å². The van der Waals surface area contributed by atoms with Crippen molar-refractivity contribution in [3.05, 3.63) is 53.8 Å². The van der Waals surface area contributed by atoms with E-state index in [1.807, 2.05) is 5.32 Å². The first-order chi connectivity index (χ1) is 13.3. The lowest BCUT2D eigenvalue weighted by atomic mass is 10.2. The second kappa shape index (κ2) is 8.34. The van der Waals surface area contributed by atoms with Gasteiger partial charge in [-0.2, -0.15) is 0 Å². The lowest BCUT2D eigenvalue weighted by molar-refractivity contribution is -0.150. The summed E-state index contributed by atoms with van der Waals surface area (Å²) in [4.78, 5) is 28.0. The Labute approximate surface area is 161 Å². The minimum absolute atomic E-state index is 0.177. The fourth-order valence-electron chi connectivity index (χ4n) is 2.17. The molecule has 3 aromatic rings. The van der Waals surface area contributed by atoms with E-state index in [0.29, 0.717) is 17.2 Å². The van der Waals surface area contributed by atoms with Crippen molar-refractivity contribution in [3.8, 4) is 0 Å². The van der Waals surface area contributed by atoms with E-state index in [0.717, 1.165) is 17.8 Å². The molecule has 1 heterocycles. The predicted octanol–water partition coefficient (Wildman–Crippen LogP) is 3.91. The molecule has 0 aliphatic heterocycles. The number of thioether (sulfide) groups is 1. The van der Waals surface area contributed by atoms with Gasteiger partial charge in [-0.3, -0.25) is 9.59 Å². The van der Waals surface area contributed by atoms with Gasteiger partial charge in [0.25, 0.3) is 11.1 Å². The van der Waals surface area contributed by atoms with Gasteiger partial charge < -0.3 is 14.5 Å². The summed E-state index contributed by atoms with van der Waals surface area (Å²) in [6, 6.07) is 8.60. The van der Waals surface area contributed by atoms with Crippen molar-refractivity contribution in [2.24, 2.45) is 0 Å². The van der Waals surface area contributed by atoms with Crippen LogP contribution < -0.4 is 5.32 Å². The van der Waals surface area contributed by atoms with Crippen LogP contribution in [0.15, 0.2) is 46.0 Å². The molecule has 3 rings (SSSR count). The molecule has 0 saturated heterocycles. The first-order valence-corrected chi connectivity index (χ1v) is 8.96. The molecule has 1 N–H and O–H groups in total. The molecule has 146 valence electrons. The number of carbonyl (C=O) groups is 2. The lowest BCUT2D eigenvalue weighted by Crippen LogP contribution is -2.31. The van der Waals surface area contributed by atoms with Crippen molar-refractivity contribution < 1.29 is 31.9 Å². The molecule has 2 aromatic carbocycles. The zero-order valence-corrected chi connectivity index (χ0v) is 15.2. The second-order valence-corrected chi connectivity index (χ2v) is 6.51. The summed E-state index contributed by atoms with van der Waals surface area (Å²) in [6.07, 6.45) is -1.29. The molecule has 1 atom stereocenters. The summed E-state index contributed by atoms with van der Waals surface area (Å²) in [5, 5.41) is 2.30. The van der Waals surface area contributed by atoms with Crippen molar-refractivity contribution in [1.82, 2.24) is 4.98 Å². The number of nitrogens with one attached hydrogen (secondary N) is 1. The SMILES string of the molecule is C[C@@H](OC(=O)CSc1nc2ccccc2o1)C(=O)Nc1ccc(F)c(F)c1F. The number of fused-ring (bicyclic) bond motifs is 1. The van der Waals surface area contributed by atoms with Gasteiger partial charge >= 0.3 is 5.97 Å². The number of carbonyl (C=O) groups excluding carboxylic acids is 2. The Balaban J connectivity index is 1.53. The van der Waals surface area contributed by atoms with Gasteiger partial charge in [0.15, 0.2) is 29.1 Å². The maximum Gasteiger partial charge on any atom is 0.317 e. The van der Waals surface area contributed by atoms with Crippen molar-refractivity contribution in [1.29, 1.82) is 0 Å². The van der Waals surface area contributed by atoms with Gasteiger partial charge in [0.1, 0.15) is 11.3 Å².